The summed E-state index contributed by atoms with van der Waals surface area (Å²) in [6, 6.07) is 0.242. The number of carbonyl (C=O) groups is 1. The van der Waals surface area contributed by atoms with Crippen molar-refractivity contribution in [2.75, 3.05) is 18.0 Å². The van der Waals surface area contributed by atoms with E-state index >= 15 is 0 Å². The minimum atomic E-state index is -5.04. The lowest BCUT2D eigenvalue weighted by molar-refractivity contribution is -0.143. The second-order valence-electron chi connectivity index (χ2n) is 10.9. The molecule has 2 unspecified atom stereocenters. The van der Waals surface area contributed by atoms with Gasteiger partial charge in [-0.25, -0.2) is 14.8 Å². The molecule has 5 rings (SSSR count). The SMILES string of the molecule is Cc1noc(C)c1-c1cnc(N2CC(C)OC(C)C2)c(CN2C(=O)O[C@H](c3cc(C(F)(F)F)cc(C(F)(F)F)c3)[C@@H]2C)n1. The summed E-state index contributed by atoms with van der Waals surface area (Å²) in [5, 5.41) is 3.96. The number of carbonyl (C=O) groups excluding carboxylic acids is 1. The standard InChI is InChI=1S/C28H29F6N5O4/c1-13-10-38(11-14(2)41-13)25-22(36-21(9-35-25)23-15(3)37-43-17(23)5)12-39-16(4)24(42-26(39)40)18-6-19(27(29,30)31)8-20(7-18)28(32,33)34/h6-9,13-14,16,24H,10-12H2,1-5H3/t13?,14?,16-,24-/m0/s1. The molecule has 2 saturated heterocycles. The molecule has 0 radical (unpaired) electrons. The van der Waals surface area contributed by atoms with E-state index in [-0.39, 0.29) is 24.8 Å². The first-order valence-electron chi connectivity index (χ1n) is 13.5. The Bertz CT molecular complexity index is 1460. The predicted molar refractivity (Wildman–Crippen MR) is 140 cm³/mol. The molecule has 1 amide bonds. The molecule has 0 N–H and O–H groups in total. The number of rotatable bonds is 5. The number of anilines is 1. The fourth-order valence-electron chi connectivity index (χ4n) is 5.58. The van der Waals surface area contributed by atoms with Crippen molar-refractivity contribution < 1.29 is 45.1 Å². The number of aryl methyl sites for hydroxylation is 2. The van der Waals surface area contributed by atoms with Crippen LogP contribution in [0.5, 0.6) is 0 Å². The number of halogens is 6. The van der Waals surface area contributed by atoms with Gasteiger partial charge in [0.1, 0.15) is 17.6 Å². The zero-order chi connectivity index (χ0) is 31.4. The molecular formula is C28H29F6N5O4. The van der Waals surface area contributed by atoms with Crippen molar-refractivity contribution in [2.45, 2.75) is 77.9 Å². The zero-order valence-electron chi connectivity index (χ0n) is 23.9. The Morgan fingerprint density at radius 1 is 0.953 bits per heavy atom. The number of morpholine rings is 1. The maximum Gasteiger partial charge on any atom is 0.416 e. The van der Waals surface area contributed by atoms with Crippen LogP contribution in [0.2, 0.25) is 0 Å². The van der Waals surface area contributed by atoms with Crippen LogP contribution in [-0.2, 0) is 28.4 Å². The topological polar surface area (TPSA) is 93.8 Å². The van der Waals surface area contributed by atoms with Gasteiger partial charge in [-0.2, -0.15) is 26.3 Å². The first-order valence-corrected chi connectivity index (χ1v) is 13.5. The smallest absolute Gasteiger partial charge is 0.416 e. The quantitative estimate of drug-likeness (QED) is 0.302. The lowest BCUT2D eigenvalue weighted by Crippen LogP contribution is -2.46. The van der Waals surface area contributed by atoms with E-state index in [1.54, 1.807) is 20.0 Å². The highest BCUT2D eigenvalue weighted by Crippen LogP contribution is 2.41. The van der Waals surface area contributed by atoms with Crippen LogP contribution in [0.15, 0.2) is 28.9 Å². The van der Waals surface area contributed by atoms with Crippen molar-refractivity contribution in [1.82, 2.24) is 20.0 Å². The Morgan fingerprint density at radius 2 is 1.56 bits per heavy atom. The van der Waals surface area contributed by atoms with Crippen molar-refractivity contribution >= 4 is 11.9 Å². The highest BCUT2D eigenvalue weighted by molar-refractivity contribution is 5.72. The molecular weight excluding hydrogens is 584 g/mol. The van der Waals surface area contributed by atoms with Crippen LogP contribution in [0.25, 0.3) is 11.3 Å². The van der Waals surface area contributed by atoms with Crippen LogP contribution in [-0.4, -0.2) is 57.5 Å². The van der Waals surface area contributed by atoms with Crippen LogP contribution >= 0.6 is 0 Å². The number of nitrogens with zero attached hydrogens (tertiary/aromatic N) is 5. The molecule has 2 fully saturated rings. The number of aromatic nitrogens is 3. The molecule has 2 aliphatic rings. The van der Waals surface area contributed by atoms with Gasteiger partial charge >= 0.3 is 18.4 Å². The van der Waals surface area contributed by atoms with Gasteiger partial charge in [-0.3, -0.25) is 4.90 Å². The molecule has 2 aromatic heterocycles. The molecule has 15 heteroatoms. The maximum atomic E-state index is 13.5. The van der Waals surface area contributed by atoms with Crippen molar-refractivity contribution in [3.05, 3.63) is 58.2 Å². The molecule has 0 bridgehead atoms. The normalized spacial score (nSPS) is 23.2. The van der Waals surface area contributed by atoms with E-state index in [1.165, 1.54) is 11.8 Å². The van der Waals surface area contributed by atoms with Gasteiger partial charge in [0.15, 0.2) is 5.82 Å². The number of ether oxygens (including phenoxy) is 2. The van der Waals surface area contributed by atoms with E-state index in [9.17, 15) is 31.1 Å². The first-order chi connectivity index (χ1) is 20.0. The molecule has 43 heavy (non-hydrogen) atoms. The van der Waals surface area contributed by atoms with Gasteiger partial charge in [0.2, 0.25) is 0 Å². The van der Waals surface area contributed by atoms with E-state index in [0.29, 0.717) is 59.4 Å². The minimum absolute atomic E-state index is 0.0368. The molecule has 4 heterocycles. The second-order valence-corrected chi connectivity index (χ2v) is 10.9. The molecule has 232 valence electrons. The fourth-order valence-corrected chi connectivity index (χ4v) is 5.58. The van der Waals surface area contributed by atoms with Gasteiger partial charge in [0.25, 0.3) is 0 Å². The Labute approximate surface area is 242 Å². The van der Waals surface area contributed by atoms with Gasteiger partial charge in [-0.1, -0.05) is 5.16 Å². The summed E-state index contributed by atoms with van der Waals surface area (Å²) in [4.78, 5) is 25.7. The number of amides is 1. The van der Waals surface area contributed by atoms with Crippen LogP contribution < -0.4 is 4.90 Å². The lowest BCUT2D eigenvalue weighted by atomic mass is 9.97. The molecule has 0 saturated carbocycles. The summed E-state index contributed by atoms with van der Waals surface area (Å²) in [5.41, 5.74) is -1.44. The largest absolute Gasteiger partial charge is 0.439 e. The highest BCUT2D eigenvalue weighted by atomic mass is 19.4. The van der Waals surface area contributed by atoms with Gasteiger partial charge < -0.3 is 18.9 Å². The molecule has 2 aliphatic heterocycles. The van der Waals surface area contributed by atoms with Gasteiger partial charge in [-0.15, -0.1) is 0 Å². The maximum absolute atomic E-state index is 13.5. The lowest BCUT2D eigenvalue weighted by Gasteiger charge is -2.37. The van der Waals surface area contributed by atoms with Gasteiger partial charge in [-0.05, 0) is 58.4 Å². The molecule has 3 aromatic rings. The fraction of sp³-hybridized carbons (Fsp3) is 0.500. The third-order valence-electron chi connectivity index (χ3n) is 7.48. The van der Waals surface area contributed by atoms with E-state index < -0.39 is 47.3 Å². The summed E-state index contributed by atoms with van der Waals surface area (Å²) in [6.07, 6.45) is -11.1. The number of benzene rings is 1. The van der Waals surface area contributed by atoms with E-state index in [1.807, 2.05) is 18.7 Å². The van der Waals surface area contributed by atoms with Crippen molar-refractivity contribution in [3.63, 3.8) is 0 Å². The van der Waals surface area contributed by atoms with Gasteiger partial charge in [0, 0.05) is 13.1 Å². The van der Waals surface area contributed by atoms with E-state index in [4.69, 9.17) is 19.0 Å². The Hall–Kier alpha value is -3.88. The monoisotopic (exact) mass is 613 g/mol. The van der Waals surface area contributed by atoms with Crippen molar-refractivity contribution in [2.24, 2.45) is 0 Å². The summed E-state index contributed by atoms with van der Waals surface area (Å²) in [6.45, 7) is 9.53. The molecule has 0 aliphatic carbocycles. The predicted octanol–water partition coefficient (Wildman–Crippen LogP) is 6.48. The zero-order valence-corrected chi connectivity index (χ0v) is 23.9. The molecule has 9 nitrogen and oxygen atoms in total. The average molecular weight is 614 g/mol. The Kier molecular flexibility index (Phi) is 7.82. The van der Waals surface area contributed by atoms with Crippen LogP contribution in [0.1, 0.15) is 60.7 Å². The van der Waals surface area contributed by atoms with Crippen molar-refractivity contribution in [3.8, 4) is 11.3 Å². The van der Waals surface area contributed by atoms with Gasteiger partial charge in [0.05, 0.1) is 59.1 Å². The van der Waals surface area contributed by atoms with Crippen LogP contribution in [0.3, 0.4) is 0 Å². The second kappa shape index (κ2) is 11.0. The molecule has 1 aromatic carbocycles. The third-order valence-corrected chi connectivity index (χ3v) is 7.48. The Balaban J connectivity index is 1.53. The number of hydrogen-bond donors (Lipinski definition) is 0. The highest BCUT2D eigenvalue weighted by Gasteiger charge is 2.44. The molecule has 0 spiro atoms. The number of alkyl halides is 6. The minimum Gasteiger partial charge on any atom is -0.439 e. The first kappa shape index (κ1) is 30.6. The third kappa shape index (κ3) is 6.12. The van der Waals surface area contributed by atoms with E-state index in [2.05, 4.69) is 10.1 Å². The van der Waals surface area contributed by atoms with Crippen LogP contribution in [0, 0.1) is 13.8 Å². The van der Waals surface area contributed by atoms with Crippen molar-refractivity contribution in [1.29, 1.82) is 0 Å². The summed E-state index contributed by atoms with van der Waals surface area (Å²) < 4.78 is 97.6. The summed E-state index contributed by atoms with van der Waals surface area (Å²) >= 11 is 0. The Morgan fingerprint density at radius 3 is 2.09 bits per heavy atom. The summed E-state index contributed by atoms with van der Waals surface area (Å²) in [5.74, 6) is 0.956. The summed E-state index contributed by atoms with van der Waals surface area (Å²) in [7, 11) is 0. The molecule has 4 atom stereocenters. The van der Waals surface area contributed by atoms with Crippen LogP contribution in [0.4, 0.5) is 37.0 Å². The average Bonchev–Trinajstić information content (AvgIpc) is 3.39. The number of cyclic esters (lactones) is 1. The number of hydrogen-bond acceptors (Lipinski definition) is 8. The van der Waals surface area contributed by atoms with E-state index in [0.717, 1.165) is 0 Å².